The Kier molecular flexibility index (Phi) is 4.04. The second-order valence-electron chi connectivity index (χ2n) is 8.86. The van der Waals surface area contributed by atoms with Crippen molar-refractivity contribution in [2.45, 2.75) is 6.92 Å². The fourth-order valence-corrected chi connectivity index (χ4v) is 8.73. The highest BCUT2D eigenvalue weighted by Gasteiger charge is 2.47. The fourth-order valence-electron chi connectivity index (χ4n) is 5.47. The summed E-state index contributed by atoms with van der Waals surface area (Å²) in [5.74, 6) is 0. The first-order valence-electron chi connectivity index (χ1n) is 11.4. The van der Waals surface area contributed by atoms with Crippen LogP contribution < -0.4 is 15.3 Å². The lowest BCUT2D eigenvalue weighted by atomic mass is 9.95. The first-order valence-corrected chi connectivity index (χ1v) is 13.1. The molecule has 1 unspecified atom stereocenters. The Morgan fingerprint density at radius 2 is 1.26 bits per heavy atom. The van der Waals surface area contributed by atoms with E-state index in [1.807, 2.05) is 60.9 Å². The molecule has 7 rings (SSSR count). The molecule has 4 heteroatoms. The van der Waals surface area contributed by atoms with Crippen molar-refractivity contribution >= 4 is 29.3 Å². The lowest BCUT2D eigenvalue weighted by molar-refractivity contribution is 0.586. The summed E-state index contributed by atoms with van der Waals surface area (Å²) < 4.78 is 17.4. The molecule has 0 aliphatic carbocycles. The molecule has 2 aliphatic rings. The van der Waals surface area contributed by atoms with Crippen LogP contribution in [-0.4, -0.2) is 4.98 Å². The summed E-state index contributed by atoms with van der Waals surface area (Å²) in [6, 6.07) is 33.2. The molecule has 0 saturated carbocycles. The highest BCUT2D eigenvalue weighted by atomic mass is 31.2. The van der Waals surface area contributed by atoms with E-state index in [9.17, 15) is 0 Å². The molecule has 0 radical (unpaired) electrons. The van der Waals surface area contributed by atoms with E-state index in [4.69, 9.17) is 0 Å². The van der Waals surface area contributed by atoms with Crippen LogP contribution in [0.4, 0.5) is 11.4 Å². The third-order valence-electron chi connectivity index (χ3n) is 7.03. The highest BCUT2D eigenvalue weighted by molar-refractivity contribution is 7.81. The molecule has 0 spiro atoms. The lowest BCUT2D eigenvalue weighted by Crippen LogP contribution is -2.37. The number of aromatic nitrogens is 1. The van der Waals surface area contributed by atoms with Crippen molar-refractivity contribution in [2.75, 3.05) is 4.67 Å². The monoisotopic (exact) mass is 456 g/mol. The number of anilines is 2. The Labute approximate surface area is 198 Å². The van der Waals surface area contributed by atoms with E-state index in [0.29, 0.717) is 0 Å². The van der Waals surface area contributed by atoms with Gasteiger partial charge in [0, 0.05) is 39.7 Å². The maximum atomic E-state index is 15.3. The number of nitrogens with zero attached hydrogens (tertiary/aromatic N) is 2. The molecule has 34 heavy (non-hydrogen) atoms. The van der Waals surface area contributed by atoms with Crippen molar-refractivity contribution in [3.05, 3.63) is 115 Å². The van der Waals surface area contributed by atoms with Gasteiger partial charge in [-0.05, 0) is 65.6 Å². The molecular formula is C30H21N2OP. The number of hydrogen-bond donors (Lipinski definition) is 0. The number of benzene rings is 4. The molecule has 1 aromatic heterocycles. The largest absolute Gasteiger partial charge is 0.289 e. The fraction of sp³-hybridized carbons (Fsp3) is 0.0333. The quantitative estimate of drug-likeness (QED) is 0.253. The van der Waals surface area contributed by atoms with Crippen LogP contribution in [0.2, 0.25) is 0 Å². The van der Waals surface area contributed by atoms with E-state index >= 15 is 4.57 Å². The average Bonchev–Trinajstić information content (AvgIpc) is 2.89. The van der Waals surface area contributed by atoms with Crippen LogP contribution in [0.1, 0.15) is 5.56 Å². The van der Waals surface area contributed by atoms with Crippen molar-refractivity contribution in [3.8, 4) is 33.4 Å². The van der Waals surface area contributed by atoms with Crippen LogP contribution >= 0.6 is 7.29 Å². The topological polar surface area (TPSA) is 33.2 Å². The van der Waals surface area contributed by atoms with E-state index in [0.717, 1.165) is 55.4 Å². The molecule has 0 fully saturated rings. The molecule has 0 saturated heterocycles. The van der Waals surface area contributed by atoms with Gasteiger partial charge in [0.05, 0.1) is 11.4 Å². The minimum atomic E-state index is -3.14. The normalized spacial score (nSPS) is 17.1. The Morgan fingerprint density at radius 1 is 0.647 bits per heavy atom. The zero-order chi connectivity index (χ0) is 22.9. The van der Waals surface area contributed by atoms with Crippen LogP contribution in [0.15, 0.2) is 109 Å². The van der Waals surface area contributed by atoms with E-state index in [-0.39, 0.29) is 0 Å². The molecule has 0 N–H and O–H groups in total. The van der Waals surface area contributed by atoms with Gasteiger partial charge in [-0.3, -0.25) is 14.2 Å². The molecule has 2 aliphatic heterocycles. The highest BCUT2D eigenvalue weighted by Crippen LogP contribution is 2.65. The van der Waals surface area contributed by atoms with Crippen LogP contribution in [-0.2, 0) is 4.57 Å². The molecule has 1 atom stereocenters. The van der Waals surface area contributed by atoms with Crippen molar-refractivity contribution in [2.24, 2.45) is 0 Å². The summed E-state index contributed by atoms with van der Waals surface area (Å²) in [6.07, 6.45) is 3.74. The predicted octanol–water partition coefficient (Wildman–Crippen LogP) is 7.09. The summed E-state index contributed by atoms with van der Waals surface area (Å²) in [7, 11) is -3.14. The number of hydrogen-bond acceptors (Lipinski definition) is 2. The number of rotatable bonds is 1. The van der Waals surface area contributed by atoms with Gasteiger partial charge in [0.2, 0.25) is 7.29 Å². The van der Waals surface area contributed by atoms with E-state index in [1.165, 1.54) is 5.56 Å². The van der Waals surface area contributed by atoms with Gasteiger partial charge in [-0.2, -0.15) is 0 Å². The molecule has 162 valence electrons. The molecule has 0 amide bonds. The molecule has 5 aromatic rings. The van der Waals surface area contributed by atoms with Gasteiger partial charge in [-0.1, -0.05) is 60.7 Å². The number of fused-ring (bicyclic) bond motifs is 11. The maximum absolute atomic E-state index is 15.3. The summed E-state index contributed by atoms with van der Waals surface area (Å²) >= 11 is 0. The van der Waals surface area contributed by atoms with E-state index in [1.54, 1.807) is 0 Å². The van der Waals surface area contributed by atoms with Gasteiger partial charge in [-0.25, -0.2) is 0 Å². The standard InChI is InChI=1S/C30H21N2OP/c1-20-16-17-31-19-26(20)21-14-15-28-25(18-21)24-10-4-7-13-30(24)34(33)29-12-6-3-9-23(29)22-8-2-5-11-27(22)32(28)34/h2-19H,1H3. The maximum Gasteiger partial charge on any atom is 0.235 e. The average molecular weight is 456 g/mol. The minimum absolute atomic E-state index is 0.893. The molecule has 4 aromatic carbocycles. The molecule has 3 nitrogen and oxygen atoms in total. The summed E-state index contributed by atoms with van der Waals surface area (Å²) in [5.41, 5.74) is 9.68. The Hall–Kier alpha value is -3.94. The van der Waals surface area contributed by atoms with E-state index in [2.05, 4.69) is 65.1 Å². The lowest BCUT2D eigenvalue weighted by Gasteiger charge is -2.44. The second kappa shape index (κ2) is 7.03. The number of pyridine rings is 1. The number of aryl methyl sites for hydroxylation is 1. The van der Waals surface area contributed by atoms with Crippen LogP contribution in [0.5, 0.6) is 0 Å². The van der Waals surface area contributed by atoms with Gasteiger partial charge in [0.15, 0.2) is 0 Å². The first kappa shape index (κ1) is 19.5. The van der Waals surface area contributed by atoms with Crippen LogP contribution in [0.25, 0.3) is 33.4 Å². The second-order valence-corrected chi connectivity index (χ2v) is 11.4. The zero-order valence-electron chi connectivity index (χ0n) is 18.6. The van der Waals surface area contributed by atoms with Crippen molar-refractivity contribution < 1.29 is 4.57 Å². The zero-order valence-corrected chi connectivity index (χ0v) is 19.5. The van der Waals surface area contributed by atoms with Crippen molar-refractivity contribution in [1.29, 1.82) is 0 Å². The Bertz CT molecular complexity index is 1670. The third-order valence-corrected chi connectivity index (χ3v) is 10.1. The third kappa shape index (κ3) is 2.48. The minimum Gasteiger partial charge on any atom is -0.289 e. The van der Waals surface area contributed by atoms with Gasteiger partial charge < -0.3 is 0 Å². The molecule has 3 heterocycles. The van der Waals surface area contributed by atoms with Crippen LogP contribution in [0.3, 0.4) is 0 Å². The summed E-state index contributed by atoms with van der Waals surface area (Å²) in [4.78, 5) is 4.35. The first-order chi connectivity index (χ1) is 16.7. The van der Waals surface area contributed by atoms with Gasteiger partial charge >= 0.3 is 0 Å². The van der Waals surface area contributed by atoms with Gasteiger partial charge in [0.25, 0.3) is 0 Å². The van der Waals surface area contributed by atoms with Gasteiger partial charge in [-0.15, -0.1) is 0 Å². The Morgan fingerprint density at radius 3 is 2.00 bits per heavy atom. The van der Waals surface area contributed by atoms with Crippen molar-refractivity contribution in [3.63, 3.8) is 0 Å². The molecule has 0 bridgehead atoms. The van der Waals surface area contributed by atoms with Gasteiger partial charge in [0.1, 0.15) is 0 Å². The summed E-state index contributed by atoms with van der Waals surface area (Å²) in [5, 5.41) is 1.79. The number of para-hydroxylation sites is 1. The van der Waals surface area contributed by atoms with E-state index < -0.39 is 7.29 Å². The smallest absolute Gasteiger partial charge is 0.235 e. The summed E-state index contributed by atoms with van der Waals surface area (Å²) in [6.45, 7) is 2.11. The molecular weight excluding hydrogens is 435 g/mol. The Balaban J connectivity index is 1.59. The van der Waals surface area contributed by atoms with Crippen molar-refractivity contribution in [1.82, 2.24) is 4.98 Å². The van der Waals surface area contributed by atoms with Crippen LogP contribution in [0, 0.1) is 6.92 Å². The SMILES string of the molecule is Cc1ccncc1-c1ccc2c(c1)-c1ccccc1P1(=O)c3ccccc3-c3ccccc3N21. The predicted molar refractivity (Wildman–Crippen MR) is 141 cm³/mol.